The summed E-state index contributed by atoms with van der Waals surface area (Å²) in [5.74, 6) is 0. The first kappa shape index (κ1) is 18.5. The summed E-state index contributed by atoms with van der Waals surface area (Å²) in [6.45, 7) is 19.3. The fraction of sp³-hybridized carbons (Fsp3) is 0.688. The highest BCUT2D eigenvalue weighted by Gasteiger charge is 2.34. The molecule has 0 aromatic carbocycles. The van der Waals surface area contributed by atoms with E-state index in [1.165, 1.54) is 5.56 Å². The Morgan fingerprint density at radius 3 is 1.65 bits per heavy atom. The summed E-state index contributed by atoms with van der Waals surface area (Å²) in [6, 6.07) is 4.15. The monoisotopic (exact) mass is 237 g/mol. The van der Waals surface area contributed by atoms with Gasteiger partial charge >= 0.3 is 0 Å². The van der Waals surface area contributed by atoms with Gasteiger partial charge in [0, 0.05) is 12.4 Å². The van der Waals surface area contributed by atoms with Crippen molar-refractivity contribution in [2.45, 2.75) is 67.7 Å². The van der Waals surface area contributed by atoms with Gasteiger partial charge in [-0.15, -0.1) is 0 Å². The van der Waals surface area contributed by atoms with Crippen LogP contribution in [0.15, 0.2) is 24.5 Å². The van der Waals surface area contributed by atoms with Crippen LogP contribution in [0.4, 0.5) is 0 Å². The highest BCUT2D eigenvalue weighted by Crippen LogP contribution is 2.40. The van der Waals surface area contributed by atoms with Gasteiger partial charge in [-0.05, 0) is 22.5 Å². The van der Waals surface area contributed by atoms with Gasteiger partial charge in [-0.25, -0.2) is 0 Å². The second-order valence-corrected chi connectivity index (χ2v) is 5.12. The molecule has 1 rings (SSSR count). The molecule has 0 unspecified atom stereocenters. The van der Waals surface area contributed by atoms with E-state index in [-0.39, 0.29) is 10.8 Å². The van der Waals surface area contributed by atoms with Crippen LogP contribution >= 0.6 is 0 Å². The Morgan fingerprint density at radius 1 is 0.882 bits per heavy atom. The highest BCUT2D eigenvalue weighted by molar-refractivity contribution is 5.22. The van der Waals surface area contributed by atoms with Crippen LogP contribution in [-0.2, 0) is 5.41 Å². The van der Waals surface area contributed by atoms with E-state index in [2.05, 4.69) is 45.7 Å². The maximum absolute atomic E-state index is 4.16. The predicted molar refractivity (Wildman–Crippen MR) is 79.4 cm³/mol. The molecule has 0 bridgehead atoms. The van der Waals surface area contributed by atoms with E-state index in [0.29, 0.717) is 0 Å². The smallest absolute Gasteiger partial charge is 0.0305 e. The zero-order valence-corrected chi connectivity index (χ0v) is 13.3. The Hall–Kier alpha value is -0.850. The largest absolute Gasteiger partial charge is 0.264 e. The molecular weight excluding hydrogens is 206 g/mol. The minimum absolute atomic E-state index is 0.168. The summed E-state index contributed by atoms with van der Waals surface area (Å²) in [5.41, 5.74) is 1.74. The van der Waals surface area contributed by atoms with Crippen LogP contribution in [0.25, 0.3) is 0 Å². The van der Waals surface area contributed by atoms with E-state index in [0.717, 1.165) is 0 Å². The molecule has 1 heterocycles. The molecule has 0 radical (unpaired) electrons. The second-order valence-electron chi connectivity index (χ2n) is 5.12. The van der Waals surface area contributed by atoms with Crippen molar-refractivity contribution in [2.75, 3.05) is 0 Å². The minimum Gasteiger partial charge on any atom is -0.264 e. The van der Waals surface area contributed by atoms with Gasteiger partial charge in [-0.3, -0.25) is 4.98 Å². The molecule has 0 N–H and O–H groups in total. The van der Waals surface area contributed by atoms with Crippen LogP contribution in [0.5, 0.6) is 0 Å². The number of hydrogen-bond acceptors (Lipinski definition) is 1. The maximum Gasteiger partial charge on any atom is 0.0305 e. The zero-order chi connectivity index (χ0) is 14.1. The van der Waals surface area contributed by atoms with Crippen LogP contribution in [0.2, 0.25) is 0 Å². The van der Waals surface area contributed by atoms with E-state index in [1.54, 1.807) is 0 Å². The summed E-state index contributed by atoms with van der Waals surface area (Å²) < 4.78 is 0. The van der Waals surface area contributed by atoms with Crippen molar-refractivity contribution in [3.8, 4) is 0 Å². The standard InChI is InChI=1S/C12H19N.2C2H6/c1-11(2,3)12(4,5)10-7-6-8-13-9-10;2*1-2/h6-9H,1-5H3;2*1-2H3. The summed E-state index contributed by atoms with van der Waals surface area (Å²) in [5, 5.41) is 0. The average molecular weight is 237 g/mol. The van der Waals surface area contributed by atoms with Crippen molar-refractivity contribution in [1.82, 2.24) is 4.98 Å². The Balaban J connectivity index is 0. The van der Waals surface area contributed by atoms with E-state index in [9.17, 15) is 0 Å². The molecule has 0 saturated heterocycles. The lowest BCUT2D eigenvalue weighted by molar-refractivity contribution is 0.225. The van der Waals surface area contributed by atoms with Crippen LogP contribution in [0.3, 0.4) is 0 Å². The molecular formula is C16H31N. The molecule has 0 saturated carbocycles. The number of nitrogens with zero attached hydrogens (tertiary/aromatic N) is 1. The van der Waals surface area contributed by atoms with Gasteiger partial charge in [0.1, 0.15) is 0 Å². The van der Waals surface area contributed by atoms with Crippen LogP contribution < -0.4 is 0 Å². The van der Waals surface area contributed by atoms with Gasteiger partial charge in [0.15, 0.2) is 0 Å². The topological polar surface area (TPSA) is 12.9 Å². The Morgan fingerprint density at radius 2 is 1.35 bits per heavy atom. The number of aromatic nitrogens is 1. The molecule has 17 heavy (non-hydrogen) atoms. The van der Waals surface area contributed by atoms with Crippen molar-refractivity contribution in [2.24, 2.45) is 5.41 Å². The lowest BCUT2D eigenvalue weighted by Crippen LogP contribution is -2.33. The highest BCUT2D eigenvalue weighted by atomic mass is 14.6. The quantitative estimate of drug-likeness (QED) is 0.632. The van der Waals surface area contributed by atoms with Gasteiger partial charge in [-0.2, -0.15) is 0 Å². The van der Waals surface area contributed by atoms with Crippen LogP contribution in [-0.4, -0.2) is 4.98 Å². The third-order valence-electron chi connectivity index (χ3n) is 3.26. The fourth-order valence-electron chi connectivity index (χ4n) is 1.17. The molecule has 0 aliphatic heterocycles. The number of rotatable bonds is 1. The average Bonchev–Trinajstić information content (AvgIpc) is 2.34. The molecule has 0 amide bonds. The van der Waals surface area contributed by atoms with Crippen molar-refractivity contribution >= 4 is 0 Å². The van der Waals surface area contributed by atoms with Crippen molar-refractivity contribution < 1.29 is 0 Å². The minimum atomic E-state index is 0.168. The molecule has 1 aromatic rings. The third kappa shape index (κ3) is 5.34. The molecule has 0 spiro atoms. The van der Waals surface area contributed by atoms with Gasteiger partial charge < -0.3 is 0 Å². The lowest BCUT2D eigenvalue weighted by Gasteiger charge is -2.39. The van der Waals surface area contributed by atoms with Gasteiger partial charge in [-0.1, -0.05) is 68.4 Å². The van der Waals surface area contributed by atoms with Gasteiger partial charge in [0.05, 0.1) is 0 Å². The first-order chi connectivity index (χ1) is 7.86. The van der Waals surface area contributed by atoms with Crippen LogP contribution in [0, 0.1) is 5.41 Å². The van der Waals surface area contributed by atoms with E-state index in [4.69, 9.17) is 0 Å². The van der Waals surface area contributed by atoms with Crippen LogP contribution in [0.1, 0.15) is 67.9 Å². The molecule has 1 nitrogen and oxygen atoms in total. The lowest BCUT2D eigenvalue weighted by atomic mass is 9.66. The van der Waals surface area contributed by atoms with Crippen molar-refractivity contribution in [1.29, 1.82) is 0 Å². The fourth-order valence-corrected chi connectivity index (χ4v) is 1.17. The van der Waals surface area contributed by atoms with Crippen molar-refractivity contribution in [3.05, 3.63) is 30.1 Å². The van der Waals surface area contributed by atoms with Gasteiger partial charge in [0.25, 0.3) is 0 Å². The summed E-state index contributed by atoms with van der Waals surface area (Å²) in [7, 11) is 0. The predicted octanol–water partition coefficient (Wildman–Crippen LogP) is 5.46. The third-order valence-corrected chi connectivity index (χ3v) is 3.26. The molecule has 0 atom stereocenters. The Labute approximate surface area is 109 Å². The second kappa shape index (κ2) is 8.27. The van der Waals surface area contributed by atoms with E-state index < -0.39 is 0 Å². The first-order valence-electron chi connectivity index (χ1n) is 6.76. The summed E-state index contributed by atoms with van der Waals surface area (Å²) in [6.07, 6.45) is 3.79. The number of pyridine rings is 1. The Bertz CT molecular complexity index is 267. The molecule has 1 aromatic heterocycles. The summed E-state index contributed by atoms with van der Waals surface area (Å²) in [4.78, 5) is 4.16. The zero-order valence-electron chi connectivity index (χ0n) is 13.3. The molecule has 0 aliphatic rings. The van der Waals surface area contributed by atoms with E-state index in [1.807, 2.05) is 46.2 Å². The van der Waals surface area contributed by atoms with E-state index >= 15 is 0 Å². The Kier molecular flexibility index (Phi) is 9.01. The maximum atomic E-state index is 4.16. The van der Waals surface area contributed by atoms with Crippen molar-refractivity contribution in [3.63, 3.8) is 0 Å². The molecule has 100 valence electrons. The normalized spacial score (nSPS) is 10.6. The molecule has 1 heteroatoms. The molecule has 0 aliphatic carbocycles. The SMILES string of the molecule is CC.CC.CC(C)(C)C(C)(C)c1cccnc1. The van der Waals surface area contributed by atoms with Gasteiger partial charge in [0.2, 0.25) is 0 Å². The first-order valence-corrected chi connectivity index (χ1v) is 6.76. The summed E-state index contributed by atoms with van der Waals surface area (Å²) >= 11 is 0. The number of hydrogen-bond donors (Lipinski definition) is 0. The molecule has 0 fully saturated rings.